The van der Waals surface area contributed by atoms with Crippen molar-refractivity contribution >= 4 is 44.8 Å². The zero-order chi connectivity index (χ0) is 16.3. The minimum absolute atomic E-state index is 0.923. The smallest absolute Gasteiger partial charge is 0.0916 e. The topological polar surface area (TPSA) is 32.3 Å². The number of aromatic nitrogens is 2. The molecule has 0 saturated heterocycles. The van der Waals surface area contributed by atoms with Gasteiger partial charge in [0.2, 0.25) is 0 Å². The van der Waals surface area contributed by atoms with Crippen molar-refractivity contribution in [1.29, 1.82) is 0 Å². The summed E-state index contributed by atoms with van der Waals surface area (Å²) in [6.45, 7) is 0. The Morgan fingerprint density at radius 1 is 0.542 bits per heavy atom. The van der Waals surface area contributed by atoms with E-state index >= 15 is 0 Å². The maximum Gasteiger partial charge on any atom is 0.0916 e. The average molecular weight is 312 g/mol. The van der Waals surface area contributed by atoms with Crippen molar-refractivity contribution in [2.45, 2.75) is 0 Å². The largest absolute Gasteiger partial charge is 0.341 e. The van der Waals surface area contributed by atoms with E-state index in [1.54, 1.807) is 0 Å². The van der Waals surface area contributed by atoms with Gasteiger partial charge in [0.05, 0.1) is 44.8 Å². The molecule has 0 atom stereocenters. The summed E-state index contributed by atoms with van der Waals surface area (Å²) < 4.78 is 0. The second kappa shape index (κ2) is 4.68. The molecule has 4 heteroatoms. The molecule has 1 aliphatic rings. The fourth-order valence-electron chi connectivity index (χ4n) is 3.47. The Labute approximate surface area is 140 Å². The van der Waals surface area contributed by atoms with Crippen LogP contribution in [0.2, 0.25) is 0 Å². The lowest BCUT2D eigenvalue weighted by atomic mass is 10.1. The van der Waals surface area contributed by atoms with E-state index in [1.165, 1.54) is 11.4 Å². The molecule has 0 bridgehead atoms. The Morgan fingerprint density at radius 2 is 0.958 bits per heavy atom. The van der Waals surface area contributed by atoms with Crippen molar-refractivity contribution < 1.29 is 0 Å². The van der Waals surface area contributed by atoms with Crippen LogP contribution in [0.15, 0.2) is 60.7 Å². The third-order valence-corrected chi connectivity index (χ3v) is 4.76. The predicted molar refractivity (Wildman–Crippen MR) is 99.6 cm³/mol. The SMILES string of the molecule is CN1c2ccccc2N(C)c2cc3nc4ccccc4nc3cc21. The number of anilines is 4. The zero-order valence-electron chi connectivity index (χ0n) is 13.6. The maximum absolute atomic E-state index is 4.79. The lowest BCUT2D eigenvalue weighted by Gasteiger charge is -2.36. The molecule has 1 aliphatic heterocycles. The molecule has 24 heavy (non-hydrogen) atoms. The minimum atomic E-state index is 0.923. The maximum atomic E-state index is 4.79. The highest BCUT2D eigenvalue weighted by Crippen LogP contribution is 2.47. The summed E-state index contributed by atoms with van der Waals surface area (Å²) in [6, 6.07) is 20.7. The van der Waals surface area contributed by atoms with Gasteiger partial charge in [0.15, 0.2) is 0 Å². The summed E-state index contributed by atoms with van der Waals surface area (Å²) in [4.78, 5) is 14.0. The van der Waals surface area contributed by atoms with Gasteiger partial charge in [-0.15, -0.1) is 0 Å². The Bertz CT molecular complexity index is 1020. The van der Waals surface area contributed by atoms with E-state index < -0.39 is 0 Å². The molecule has 4 aromatic rings. The average Bonchev–Trinajstić information content (AvgIpc) is 2.63. The van der Waals surface area contributed by atoms with Crippen molar-refractivity contribution in [2.24, 2.45) is 0 Å². The summed E-state index contributed by atoms with van der Waals surface area (Å²) in [6.07, 6.45) is 0. The number of rotatable bonds is 0. The van der Waals surface area contributed by atoms with Gasteiger partial charge in [-0.1, -0.05) is 24.3 Å². The van der Waals surface area contributed by atoms with Crippen LogP contribution in [0.5, 0.6) is 0 Å². The second-order valence-corrected chi connectivity index (χ2v) is 6.15. The van der Waals surface area contributed by atoms with Gasteiger partial charge in [-0.25, -0.2) is 9.97 Å². The molecule has 4 nitrogen and oxygen atoms in total. The van der Waals surface area contributed by atoms with Crippen LogP contribution in [0.1, 0.15) is 0 Å². The summed E-state index contributed by atoms with van der Waals surface area (Å²) in [5.41, 5.74) is 8.39. The number of fused-ring (bicyclic) bond motifs is 4. The van der Waals surface area contributed by atoms with Crippen LogP contribution in [0.4, 0.5) is 22.7 Å². The summed E-state index contributed by atoms with van der Waals surface area (Å²) >= 11 is 0. The Kier molecular flexibility index (Phi) is 2.59. The summed E-state index contributed by atoms with van der Waals surface area (Å²) in [7, 11) is 4.20. The van der Waals surface area contributed by atoms with Crippen LogP contribution < -0.4 is 9.80 Å². The molecule has 5 rings (SSSR count). The molecule has 0 aliphatic carbocycles. The Morgan fingerprint density at radius 3 is 1.42 bits per heavy atom. The van der Waals surface area contributed by atoms with E-state index in [2.05, 4.69) is 60.3 Å². The molecule has 0 unspecified atom stereocenters. The van der Waals surface area contributed by atoms with Gasteiger partial charge in [-0.3, -0.25) is 0 Å². The van der Waals surface area contributed by atoms with Gasteiger partial charge in [-0.2, -0.15) is 0 Å². The molecule has 2 heterocycles. The lowest BCUT2D eigenvalue weighted by molar-refractivity contribution is 1.10. The Balaban J connectivity index is 1.82. The highest BCUT2D eigenvalue weighted by Gasteiger charge is 2.24. The fourth-order valence-corrected chi connectivity index (χ4v) is 3.47. The third-order valence-electron chi connectivity index (χ3n) is 4.76. The van der Waals surface area contributed by atoms with E-state index in [0.717, 1.165) is 33.4 Å². The van der Waals surface area contributed by atoms with E-state index in [1.807, 2.05) is 24.3 Å². The van der Waals surface area contributed by atoms with Gasteiger partial charge in [0.25, 0.3) is 0 Å². The van der Waals surface area contributed by atoms with Gasteiger partial charge >= 0.3 is 0 Å². The highest BCUT2D eigenvalue weighted by molar-refractivity contribution is 5.99. The highest BCUT2D eigenvalue weighted by atomic mass is 15.2. The fraction of sp³-hybridized carbons (Fsp3) is 0.100. The number of hydrogen-bond acceptors (Lipinski definition) is 4. The first kappa shape index (κ1) is 13.3. The third kappa shape index (κ3) is 1.74. The van der Waals surface area contributed by atoms with Crippen molar-refractivity contribution in [3.63, 3.8) is 0 Å². The zero-order valence-corrected chi connectivity index (χ0v) is 13.6. The van der Waals surface area contributed by atoms with Crippen LogP contribution in [0.25, 0.3) is 22.1 Å². The van der Waals surface area contributed by atoms with Crippen molar-refractivity contribution in [3.8, 4) is 0 Å². The van der Waals surface area contributed by atoms with E-state index in [9.17, 15) is 0 Å². The molecular weight excluding hydrogens is 296 g/mol. The molecule has 0 amide bonds. The lowest BCUT2D eigenvalue weighted by Crippen LogP contribution is -2.24. The van der Waals surface area contributed by atoms with Crippen LogP contribution in [-0.4, -0.2) is 24.1 Å². The molecule has 3 aromatic carbocycles. The summed E-state index contributed by atoms with van der Waals surface area (Å²) in [5.74, 6) is 0. The van der Waals surface area contributed by atoms with Gasteiger partial charge in [0.1, 0.15) is 0 Å². The van der Waals surface area contributed by atoms with E-state index in [-0.39, 0.29) is 0 Å². The number of benzene rings is 3. The molecule has 1 aromatic heterocycles. The normalized spacial score (nSPS) is 13.2. The van der Waals surface area contributed by atoms with Crippen LogP contribution in [-0.2, 0) is 0 Å². The molecule has 116 valence electrons. The monoisotopic (exact) mass is 312 g/mol. The molecule has 0 spiro atoms. The quantitative estimate of drug-likeness (QED) is 0.443. The molecule has 0 fully saturated rings. The van der Waals surface area contributed by atoms with E-state index in [4.69, 9.17) is 9.97 Å². The molecule has 0 saturated carbocycles. The van der Waals surface area contributed by atoms with Crippen LogP contribution in [0.3, 0.4) is 0 Å². The molecule has 0 N–H and O–H groups in total. The predicted octanol–water partition coefficient (Wildman–Crippen LogP) is 4.63. The first-order valence-corrected chi connectivity index (χ1v) is 7.99. The van der Waals surface area contributed by atoms with Crippen LogP contribution in [0, 0.1) is 0 Å². The van der Waals surface area contributed by atoms with Crippen molar-refractivity contribution in [1.82, 2.24) is 9.97 Å². The van der Waals surface area contributed by atoms with E-state index in [0.29, 0.717) is 0 Å². The molecule has 0 radical (unpaired) electrons. The first-order valence-electron chi connectivity index (χ1n) is 7.99. The summed E-state index contributed by atoms with van der Waals surface area (Å²) in [5, 5.41) is 0. The standard InChI is InChI=1S/C20H16N4/c1-23-17-9-5-6-10-18(17)24(2)20-12-16-15(11-19(20)23)21-13-7-3-4-8-14(13)22-16/h3-12H,1-2H3. The number of hydrogen-bond donors (Lipinski definition) is 0. The Hall–Kier alpha value is -3.14. The second-order valence-electron chi connectivity index (χ2n) is 6.15. The minimum Gasteiger partial charge on any atom is -0.341 e. The number of nitrogens with zero attached hydrogens (tertiary/aromatic N) is 4. The molecular formula is C20H16N4. The van der Waals surface area contributed by atoms with Crippen LogP contribution >= 0.6 is 0 Å². The number of para-hydroxylation sites is 4. The van der Waals surface area contributed by atoms with Crippen molar-refractivity contribution in [2.75, 3.05) is 23.9 Å². The van der Waals surface area contributed by atoms with Crippen molar-refractivity contribution in [3.05, 3.63) is 60.7 Å². The van der Waals surface area contributed by atoms with Gasteiger partial charge < -0.3 is 9.80 Å². The first-order chi connectivity index (χ1) is 11.7. The van der Waals surface area contributed by atoms with Gasteiger partial charge in [0, 0.05) is 14.1 Å². The van der Waals surface area contributed by atoms with Gasteiger partial charge in [-0.05, 0) is 36.4 Å².